The summed E-state index contributed by atoms with van der Waals surface area (Å²) in [5.74, 6) is 0. The molecule has 2 nitrogen and oxygen atoms in total. The lowest BCUT2D eigenvalue weighted by Gasteiger charge is -2.21. The number of aromatic nitrogens is 1. The van der Waals surface area contributed by atoms with Gasteiger partial charge in [-0.15, -0.1) is 11.3 Å². The van der Waals surface area contributed by atoms with Crippen LogP contribution in [0.25, 0.3) is 74.8 Å². The molecule has 0 bridgehead atoms. The first-order valence-electron chi connectivity index (χ1n) is 14.6. The molecule has 6 aromatic carbocycles. The Balaban J connectivity index is 1.31. The van der Waals surface area contributed by atoms with E-state index in [1.54, 1.807) is 0 Å². The Labute approximate surface area is 253 Å². The zero-order chi connectivity index (χ0) is 28.9. The summed E-state index contributed by atoms with van der Waals surface area (Å²) in [6, 6.07) is 43.8. The van der Waals surface area contributed by atoms with E-state index in [1.165, 1.54) is 64.2 Å². The second-order valence-electron chi connectivity index (χ2n) is 12.1. The molecule has 0 atom stereocenters. The maximum atomic E-state index is 7.81. The van der Waals surface area contributed by atoms with Crippen molar-refractivity contribution >= 4 is 59.0 Å². The Morgan fingerprint density at radius 1 is 0.581 bits per heavy atom. The van der Waals surface area contributed by atoms with E-state index in [0.29, 0.717) is 5.69 Å². The van der Waals surface area contributed by atoms with Gasteiger partial charge >= 0.3 is 0 Å². The van der Waals surface area contributed by atoms with Gasteiger partial charge in [-0.2, -0.15) is 0 Å². The molecule has 0 fully saturated rings. The molecule has 1 aliphatic carbocycles. The van der Waals surface area contributed by atoms with Crippen molar-refractivity contribution in [3.05, 3.63) is 144 Å². The monoisotopic (exact) mass is 566 g/mol. The Hall–Kier alpha value is -5.17. The molecule has 0 aliphatic heterocycles. The van der Waals surface area contributed by atoms with Crippen LogP contribution in [-0.2, 0) is 5.41 Å². The molecule has 0 spiro atoms. The molecule has 0 N–H and O–H groups in total. The first kappa shape index (κ1) is 24.4. The highest BCUT2D eigenvalue weighted by Gasteiger charge is 2.35. The van der Waals surface area contributed by atoms with Gasteiger partial charge in [-0.05, 0) is 81.9 Å². The fraction of sp³-hybridized carbons (Fsp3) is 0.0750. The van der Waals surface area contributed by atoms with Crippen LogP contribution in [0.3, 0.4) is 0 Å². The van der Waals surface area contributed by atoms with E-state index in [1.807, 2.05) is 17.4 Å². The molecule has 2 aromatic heterocycles. The highest BCUT2D eigenvalue weighted by atomic mass is 32.1. The van der Waals surface area contributed by atoms with Crippen LogP contribution in [0.2, 0.25) is 0 Å². The second kappa shape index (κ2) is 8.67. The number of benzene rings is 6. The lowest BCUT2D eigenvalue weighted by atomic mass is 9.82. The van der Waals surface area contributed by atoms with Crippen molar-refractivity contribution in [1.82, 2.24) is 4.57 Å². The lowest BCUT2D eigenvalue weighted by molar-refractivity contribution is 0.661. The average molecular weight is 567 g/mol. The van der Waals surface area contributed by atoms with Crippen LogP contribution >= 0.6 is 11.3 Å². The molecule has 1 aliphatic rings. The van der Waals surface area contributed by atoms with Gasteiger partial charge < -0.3 is 4.57 Å². The highest BCUT2D eigenvalue weighted by Crippen LogP contribution is 2.51. The van der Waals surface area contributed by atoms with Gasteiger partial charge in [0.25, 0.3) is 0 Å². The van der Waals surface area contributed by atoms with E-state index in [0.717, 1.165) is 16.8 Å². The van der Waals surface area contributed by atoms with Crippen LogP contribution in [0.1, 0.15) is 25.0 Å². The van der Waals surface area contributed by atoms with Crippen molar-refractivity contribution < 1.29 is 0 Å². The van der Waals surface area contributed by atoms with Crippen molar-refractivity contribution in [2.24, 2.45) is 0 Å². The quantitative estimate of drug-likeness (QED) is 0.184. The first-order valence-corrected chi connectivity index (χ1v) is 15.5. The van der Waals surface area contributed by atoms with Crippen LogP contribution in [-0.4, -0.2) is 4.57 Å². The Bertz CT molecular complexity index is 2450. The van der Waals surface area contributed by atoms with Gasteiger partial charge in [0.1, 0.15) is 0 Å². The van der Waals surface area contributed by atoms with Crippen molar-refractivity contribution in [3.63, 3.8) is 0 Å². The third kappa shape index (κ3) is 3.33. The zero-order valence-electron chi connectivity index (χ0n) is 23.8. The van der Waals surface area contributed by atoms with E-state index >= 15 is 0 Å². The Kier molecular flexibility index (Phi) is 4.93. The van der Waals surface area contributed by atoms with Gasteiger partial charge in [0, 0.05) is 36.4 Å². The molecule has 43 heavy (non-hydrogen) atoms. The minimum atomic E-state index is -0.0150. The fourth-order valence-electron chi connectivity index (χ4n) is 7.34. The zero-order valence-corrected chi connectivity index (χ0v) is 24.7. The normalized spacial score (nSPS) is 13.5. The Morgan fingerprint density at radius 3 is 2.05 bits per heavy atom. The summed E-state index contributed by atoms with van der Waals surface area (Å²) >= 11 is 1.87. The molecule has 0 saturated carbocycles. The van der Waals surface area contributed by atoms with Crippen molar-refractivity contribution in [2.75, 3.05) is 0 Å². The van der Waals surface area contributed by atoms with Gasteiger partial charge in [0.05, 0.1) is 23.3 Å². The molecule has 9 rings (SSSR count). The number of fused-ring (bicyclic) bond motifs is 9. The molecular formula is C40H26N2S. The summed E-state index contributed by atoms with van der Waals surface area (Å²) in [7, 11) is 0. The van der Waals surface area contributed by atoms with Gasteiger partial charge in [-0.25, -0.2) is 4.85 Å². The van der Waals surface area contributed by atoms with E-state index in [4.69, 9.17) is 6.57 Å². The van der Waals surface area contributed by atoms with Crippen LogP contribution in [0.5, 0.6) is 0 Å². The molecule has 0 saturated heterocycles. The smallest absolute Gasteiger partial charge is 0.188 e. The fourth-order valence-corrected chi connectivity index (χ4v) is 8.45. The minimum absolute atomic E-state index is 0.0150. The summed E-state index contributed by atoms with van der Waals surface area (Å²) < 4.78 is 4.97. The number of rotatable bonds is 2. The molecule has 202 valence electrons. The van der Waals surface area contributed by atoms with Crippen molar-refractivity contribution in [1.29, 1.82) is 0 Å². The Morgan fingerprint density at radius 2 is 1.28 bits per heavy atom. The van der Waals surface area contributed by atoms with E-state index in [-0.39, 0.29) is 5.41 Å². The second-order valence-corrected chi connectivity index (χ2v) is 13.1. The third-order valence-corrected chi connectivity index (χ3v) is 10.5. The maximum Gasteiger partial charge on any atom is 0.188 e. The van der Waals surface area contributed by atoms with Crippen LogP contribution in [0.15, 0.2) is 121 Å². The number of nitrogens with zero attached hydrogens (tertiary/aromatic N) is 2. The van der Waals surface area contributed by atoms with E-state index in [9.17, 15) is 0 Å². The minimum Gasteiger partial charge on any atom is -0.309 e. The lowest BCUT2D eigenvalue weighted by Crippen LogP contribution is -2.14. The summed E-state index contributed by atoms with van der Waals surface area (Å²) in [5.41, 5.74) is 11.7. The number of hydrogen-bond donors (Lipinski definition) is 0. The summed E-state index contributed by atoms with van der Waals surface area (Å²) in [6.07, 6.45) is 0. The van der Waals surface area contributed by atoms with Gasteiger partial charge in [0.2, 0.25) is 0 Å². The molecule has 0 unspecified atom stereocenters. The van der Waals surface area contributed by atoms with Crippen LogP contribution < -0.4 is 0 Å². The molecule has 8 aromatic rings. The third-order valence-electron chi connectivity index (χ3n) is 9.41. The van der Waals surface area contributed by atoms with Gasteiger partial charge in [0.15, 0.2) is 5.69 Å². The van der Waals surface area contributed by atoms with Crippen molar-refractivity contribution in [2.45, 2.75) is 19.3 Å². The topological polar surface area (TPSA) is 9.29 Å². The highest BCUT2D eigenvalue weighted by molar-refractivity contribution is 7.25. The summed E-state index contributed by atoms with van der Waals surface area (Å²) in [4.78, 5) is 3.82. The van der Waals surface area contributed by atoms with Crippen molar-refractivity contribution in [3.8, 4) is 27.9 Å². The molecule has 2 heterocycles. The molecular weight excluding hydrogens is 541 g/mol. The van der Waals surface area contributed by atoms with Crippen LogP contribution in [0.4, 0.5) is 5.69 Å². The molecule has 0 amide bonds. The van der Waals surface area contributed by atoms with E-state index in [2.05, 4.69) is 139 Å². The molecule has 3 heteroatoms. The maximum absolute atomic E-state index is 7.81. The summed E-state index contributed by atoms with van der Waals surface area (Å²) in [5, 5.41) is 5.03. The van der Waals surface area contributed by atoms with E-state index < -0.39 is 0 Å². The average Bonchev–Trinajstić information content (AvgIpc) is 3.65. The molecule has 0 radical (unpaired) electrons. The van der Waals surface area contributed by atoms with Gasteiger partial charge in [-0.1, -0.05) is 86.6 Å². The standard InChI is InChI=1S/C40H26N2S/c1-40(2)33-13-7-4-10-26(33)30-22-32-31-20-24(16-19-38(31)43-39(32)23-34(30)40)29-21-25(41-3)17-18-37(29)42-35-14-8-5-11-27(35)28-12-6-9-15-36(28)42/h4-23H,1-2H3. The largest absolute Gasteiger partial charge is 0.309 e. The first-order chi connectivity index (χ1) is 21.0. The predicted octanol–water partition coefficient (Wildman–Crippen LogP) is 11.7. The number of para-hydroxylation sites is 2. The number of hydrogen-bond acceptors (Lipinski definition) is 1. The van der Waals surface area contributed by atoms with Gasteiger partial charge in [-0.3, -0.25) is 0 Å². The number of thiophene rings is 1. The predicted molar refractivity (Wildman–Crippen MR) is 183 cm³/mol. The van der Waals surface area contributed by atoms with Crippen LogP contribution in [0, 0.1) is 6.57 Å². The SMILES string of the molecule is [C-]#[N+]c1ccc(-n2c3ccccc3c3ccccc32)c(-c2ccc3sc4cc5c(cc4c3c2)-c2ccccc2C5(C)C)c1. The summed E-state index contributed by atoms with van der Waals surface area (Å²) in [6.45, 7) is 12.5.